The first-order valence-corrected chi connectivity index (χ1v) is 6.48. The summed E-state index contributed by atoms with van der Waals surface area (Å²) in [5.41, 5.74) is 2.70. The maximum atomic E-state index is 5.57. The van der Waals surface area contributed by atoms with Gasteiger partial charge in [0.2, 0.25) is 5.96 Å². The second-order valence-corrected chi connectivity index (χ2v) is 4.81. The number of hydrazine groups is 1. The van der Waals surface area contributed by atoms with Crippen LogP contribution in [0.5, 0.6) is 0 Å². The Hall–Kier alpha value is -0.850. The Labute approximate surface area is 109 Å². The largest absolute Gasteiger partial charge is 0.384 e. The molecule has 6 heteroatoms. The molecule has 1 aliphatic heterocycles. The third-order valence-electron chi connectivity index (χ3n) is 3.10. The van der Waals surface area contributed by atoms with Crippen molar-refractivity contribution in [3.05, 3.63) is 0 Å². The first kappa shape index (κ1) is 15.2. The van der Waals surface area contributed by atoms with Gasteiger partial charge in [-0.1, -0.05) is 0 Å². The standard InChI is InChI=1S/C12H26N4O2/c1-10(8-17-2)14-12(15-13)16-6-4-5-11(7-16)9-18-3/h10-11H,4-9,13H2,1-3H3,(H,14,15). The summed E-state index contributed by atoms with van der Waals surface area (Å²) in [6, 6.07) is 0.101. The number of hydrogen-bond donors (Lipinski definition) is 2. The van der Waals surface area contributed by atoms with Crippen LogP contribution >= 0.6 is 0 Å². The molecule has 3 N–H and O–H groups in total. The van der Waals surface area contributed by atoms with Gasteiger partial charge in [0, 0.05) is 27.3 Å². The lowest BCUT2D eigenvalue weighted by molar-refractivity contribution is 0.114. The molecule has 2 atom stereocenters. The first-order valence-electron chi connectivity index (χ1n) is 6.48. The second-order valence-electron chi connectivity index (χ2n) is 4.81. The molecular formula is C12H26N4O2. The average molecular weight is 258 g/mol. The molecule has 0 aromatic carbocycles. The SMILES string of the molecule is COCC1CCCN(C(=NC(C)COC)NN)C1. The molecule has 0 aromatic rings. The van der Waals surface area contributed by atoms with Crippen LogP contribution in [-0.2, 0) is 9.47 Å². The summed E-state index contributed by atoms with van der Waals surface area (Å²) in [6.07, 6.45) is 2.35. The van der Waals surface area contributed by atoms with Gasteiger partial charge in [-0.05, 0) is 25.7 Å². The van der Waals surface area contributed by atoms with Crippen molar-refractivity contribution in [2.24, 2.45) is 16.8 Å². The number of guanidine groups is 1. The third kappa shape index (κ3) is 4.80. The summed E-state index contributed by atoms with van der Waals surface area (Å²) < 4.78 is 10.3. The highest BCUT2D eigenvalue weighted by atomic mass is 16.5. The molecule has 6 nitrogen and oxygen atoms in total. The highest BCUT2D eigenvalue weighted by Gasteiger charge is 2.22. The van der Waals surface area contributed by atoms with E-state index in [9.17, 15) is 0 Å². The summed E-state index contributed by atoms with van der Waals surface area (Å²) in [5.74, 6) is 6.88. The number of nitrogens with two attached hydrogens (primary N) is 1. The van der Waals surface area contributed by atoms with Crippen LogP contribution < -0.4 is 11.3 Å². The van der Waals surface area contributed by atoms with Gasteiger partial charge < -0.3 is 14.4 Å². The van der Waals surface area contributed by atoms with Gasteiger partial charge in [0.15, 0.2) is 0 Å². The number of ether oxygens (including phenoxy) is 2. The fraction of sp³-hybridized carbons (Fsp3) is 0.917. The summed E-state index contributed by atoms with van der Waals surface area (Å²) in [7, 11) is 3.42. The molecular weight excluding hydrogens is 232 g/mol. The van der Waals surface area contributed by atoms with Crippen molar-refractivity contribution in [1.29, 1.82) is 0 Å². The molecule has 1 saturated heterocycles. The number of aliphatic imine (C=N–C) groups is 1. The molecule has 0 spiro atoms. The lowest BCUT2D eigenvalue weighted by Crippen LogP contribution is -2.50. The van der Waals surface area contributed by atoms with Crippen molar-refractivity contribution in [3.8, 4) is 0 Å². The Morgan fingerprint density at radius 2 is 2.28 bits per heavy atom. The smallest absolute Gasteiger partial charge is 0.208 e. The van der Waals surface area contributed by atoms with Crippen LogP contribution in [0, 0.1) is 5.92 Å². The topological polar surface area (TPSA) is 72.1 Å². The van der Waals surface area contributed by atoms with Crippen molar-refractivity contribution in [2.45, 2.75) is 25.8 Å². The van der Waals surface area contributed by atoms with Crippen molar-refractivity contribution in [3.63, 3.8) is 0 Å². The molecule has 0 radical (unpaired) electrons. The van der Waals surface area contributed by atoms with E-state index in [0.29, 0.717) is 12.5 Å². The van der Waals surface area contributed by atoms with Gasteiger partial charge in [-0.15, -0.1) is 0 Å². The van der Waals surface area contributed by atoms with Gasteiger partial charge >= 0.3 is 0 Å². The summed E-state index contributed by atoms with van der Waals surface area (Å²) in [4.78, 5) is 6.74. The molecule has 1 heterocycles. The van der Waals surface area contributed by atoms with Crippen molar-refractivity contribution in [1.82, 2.24) is 10.3 Å². The van der Waals surface area contributed by atoms with E-state index in [2.05, 4.69) is 15.3 Å². The van der Waals surface area contributed by atoms with Crippen LogP contribution in [0.25, 0.3) is 0 Å². The third-order valence-corrected chi connectivity index (χ3v) is 3.10. The average Bonchev–Trinajstić information content (AvgIpc) is 2.37. The number of likely N-dealkylation sites (tertiary alicyclic amines) is 1. The van der Waals surface area contributed by atoms with E-state index in [4.69, 9.17) is 15.3 Å². The highest BCUT2D eigenvalue weighted by molar-refractivity contribution is 5.79. The molecule has 0 saturated carbocycles. The van der Waals surface area contributed by atoms with Gasteiger partial charge in [0.05, 0.1) is 19.3 Å². The van der Waals surface area contributed by atoms with Crippen LogP contribution in [0.3, 0.4) is 0 Å². The number of methoxy groups -OCH3 is 2. The Morgan fingerprint density at radius 1 is 1.50 bits per heavy atom. The predicted octanol–water partition coefficient (Wildman–Crippen LogP) is 0.199. The zero-order chi connectivity index (χ0) is 13.4. The molecule has 0 amide bonds. The van der Waals surface area contributed by atoms with E-state index in [1.807, 2.05) is 6.92 Å². The van der Waals surface area contributed by atoms with E-state index in [0.717, 1.165) is 32.1 Å². The minimum atomic E-state index is 0.101. The fourth-order valence-corrected chi connectivity index (χ4v) is 2.33. The summed E-state index contributed by atoms with van der Waals surface area (Å²) >= 11 is 0. The molecule has 0 bridgehead atoms. The number of hydrogen-bond acceptors (Lipinski definition) is 4. The second kappa shape index (κ2) is 8.29. The molecule has 2 unspecified atom stereocenters. The van der Waals surface area contributed by atoms with Crippen molar-refractivity contribution in [2.75, 3.05) is 40.5 Å². The zero-order valence-corrected chi connectivity index (χ0v) is 11.7. The van der Waals surface area contributed by atoms with Crippen LogP contribution in [0.2, 0.25) is 0 Å². The van der Waals surface area contributed by atoms with Crippen LogP contribution in [0.4, 0.5) is 0 Å². The maximum Gasteiger partial charge on any atom is 0.208 e. The fourth-order valence-electron chi connectivity index (χ4n) is 2.33. The number of nitrogens with zero attached hydrogens (tertiary/aromatic N) is 2. The van der Waals surface area contributed by atoms with Gasteiger partial charge in [0.25, 0.3) is 0 Å². The van der Waals surface area contributed by atoms with E-state index in [1.54, 1.807) is 14.2 Å². The molecule has 1 fully saturated rings. The van der Waals surface area contributed by atoms with Crippen LogP contribution in [-0.4, -0.2) is 57.4 Å². The van der Waals surface area contributed by atoms with E-state index >= 15 is 0 Å². The van der Waals surface area contributed by atoms with Gasteiger partial charge in [-0.3, -0.25) is 5.43 Å². The molecule has 18 heavy (non-hydrogen) atoms. The Kier molecular flexibility index (Phi) is 7.00. The van der Waals surface area contributed by atoms with E-state index in [-0.39, 0.29) is 6.04 Å². The molecule has 1 rings (SSSR count). The van der Waals surface area contributed by atoms with E-state index < -0.39 is 0 Å². The monoisotopic (exact) mass is 258 g/mol. The lowest BCUT2D eigenvalue weighted by atomic mass is 9.99. The molecule has 0 aromatic heterocycles. The van der Waals surface area contributed by atoms with Gasteiger partial charge in [-0.2, -0.15) is 0 Å². The number of piperidine rings is 1. The first-order chi connectivity index (χ1) is 8.71. The molecule has 0 aliphatic carbocycles. The van der Waals surface area contributed by atoms with Gasteiger partial charge in [-0.25, -0.2) is 10.8 Å². The van der Waals surface area contributed by atoms with Gasteiger partial charge in [0.1, 0.15) is 0 Å². The van der Waals surface area contributed by atoms with Crippen molar-refractivity contribution < 1.29 is 9.47 Å². The summed E-state index contributed by atoms with van der Waals surface area (Å²) in [5, 5.41) is 0. The minimum Gasteiger partial charge on any atom is -0.384 e. The Bertz CT molecular complexity index is 258. The number of nitrogens with one attached hydrogen (secondary N) is 1. The lowest BCUT2D eigenvalue weighted by Gasteiger charge is -2.34. The van der Waals surface area contributed by atoms with Crippen LogP contribution in [0.1, 0.15) is 19.8 Å². The Balaban J connectivity index is 2.58. The van der Waals surface area contributed by atoms with Crippen molar-refractivity contribution >= 4 is 5.96 Å². The highest BCUT2D eigenvalue weighted by Crippen LogP contribution is 2.16. The molecule has 1 aliphatic rings. The van der Waals surface area contributed by atoms with Crippen LogP contribution in [0.15, 0.2) is 4.99 Å². The predicted molar refractivity (Wildman–Crippen MR) is 72.3 cm³/mol. The quantitative estimate of drug-likeness (QED) is 0.319. The zero-order valence-electron chi connectivity index (χ0n) is 11.7. The minimum absolute atomic E-state index is 0.101. The normalized spacial score (nSPS) is 23.0. The van der Waals surface area contributed by atoms with E-state index in [1.165, 1.54) is 6.42 Å². The number of rotatable bonds is 5. The Morgan fingerprint density at radius 3 is 2.89 bits per heavy atom. The summed E-state index contributed by atoms with van der Waals surface area (Å²) in [6.45, 7) is 5.33. The molecule has 106 valence electrons. The maximum absolute atomic E-state index is 5.57.